The Morgan fingerprint density at radius 1 is 1.26 bits per heavy atom. The summed E-state index contributed by atoms with van der Waals surface area (Å²) in [4.78, 5) is 28.5. The van der Waals surface area contributed by atoms with Crippen molar-refractivity contribution in [1.82, 2.24) is 9.55 Å². The lowest BCUT2D eigenvalue weighted by atomic mass is 10.1. The molecule has 2 aromatic rings. The van der Waals surface area contributed by atoms with E-state index in [1.165, 1.54) is 0 Å². The van der Waals surface area contributed by atoms with Gasteiger partial charge in [0.1, 0.15) is 4.33 Å². The van der Waals surface area contributed by atoms with Gasteiger partial charge in [-0.25, -0.2) is 4.98 Å². The molecular formula is C16H15Cl2N3O2. The van der Waals surface area contributed by atoms with E-state index < -0.39 is 9.75 Å². The number of rotatable bonds is 4. The van der Waals surface area contributed by atoms with Crippen LogP contribution in [0.15, 0.2) is 36.7 Å². The topological polar surface area (TPSA) is 64.0 Å². The molecule has 1 N–H and O–H groups in total. The first-order valence-corrected chi connectivity index (χ1v) is 7.81. The third kappa shape index (κ3) is 2.75. The number of carbonyl (C=O) groups excluding carboxylic acids is 2. The molecule has 0 aliphatic heterocycles. The predicted octanol–water partition coefficient (Wildman–Crippen LogP) is 3.17. The van der Waals surface area contributed by atoms with Crippen LogP contribution in [0.3, 0.4) is 0 Å². The van der Waals surface area contributed by atoms with Crippen LogP contribution >= 0.6 is 23.2 Å². The van der Waals surface area contributed by atoms with Gasteiger partial charge in [-0.2, -0.15) is 0 Å². The van der Waals surface area contributed by atoms with E-state index in [9.17, 15) is 9.59 Å². The number of carbonyl (C=O) groups is 2. The van der Waals surface area contributed by atoms with Crippen LogP contribution in [0.25, 0.3) is 0 Å². The van der Waals surface area contributed by atoms with Gasteiger partial charge in [-0.1, -0.05) is 0 Å². The normalized spacial score (nSPS) is 21.7. The van der Waals surface area contributed by atoms with Crippen molar-refractivity contribution in [2.24, 2.45) is 12.5 Å². The van der Waals surface area contributed by atoms with E-state index in [0.29, 0.717) is 23.5 Å². The van der Waals surface area contributed by atoms with Crippen LogP contribution in [0.5, 0.6) is 0 Å². The minimum absolute atomic E-state index is 0.176. The van der Waals surface area contributed by atoms with Crippen molar-refractivity contribution in [3.05, 3.63) is 48.0 Å². The molecule has 0 spiro atoms. The fourth-order valence-corrected chi connectivity index (χ4v) is 3.04. The summed E-state index contributed by atoms with van der Waals surface area (Å²) in [5.74, 6) is -0.0444. The summed E-state index contributed by atoms with van der Waals surface area (Å²) in [6.07, 6.45) is 3.70. The molecule has 1 aliphatic carbocycles. The molecule has 1 saturated carbocycles. The van der Waals surface area contributed by atoms with Crippen molar-refractivity contribution < 1.29 is 9.59 Å². The molecule has 0 saturated heterocycles. The minimum atomic E-state index is -1.01. The Hall–Kier alpha value is -1.85. The smallest absolute Gasteiger partial charge is 0.233 e. The Bertz CT molecular complexity index is 783. The van der Waals surface area contributed by atoms with Gasteiger partial charge in [0.05, 0.1) is 5.41 Å². The van der Waals surface area contributed by atoms with Gasteiger partial charge in [0.15, 0.2) is 5.82 Å². The van der Waals surface area contributed by atoms with E-state index in [1.54, 1.807) is 55.2 Å². The molecule has 23 heavy (non-hydrogen) atoms. The molecule has 1 aromatic heterocycles. The molecule has 1 atom stereocenters. The molecule has 0 radical (unpaired) electrons. The molecule has 1 aliphatic rings. The van der Waals surface area contributed by atoms with Crippen molar-refractivity contribution in [3.63, 3.8) is 0 Å². The van der Waals surface area contributed by atoms with E-state index in [2.05, 4.69) is 10.3 Å². The van der Waals surface area contributed by atoms with Gasteiger partial charge in [-0.15, -0.1) is 23.2 Å². The number of alkyl halides is 2. The minimum Gasteiger partial charge on any atom is -0.331 e. The van der Waals surface area contributed by atoms with Gasteiger partial charge in [0, 0.05) is 30.7 Å². The average molecular weight is 352 g/mol. The molecule has 0 unspecified atom stereocenters. The molecule has 1 fully saturated rings. The van der Waals surface area contributed by atoms with E-state index in [0.717, 1.165) is 0 Å². The number of aromatic nitrogens is 2. The maximum atomic E-state index is 12.3. The number of nitrogens with one attached hydrogen (secondary N) is 1. The Labute approximate surface area is 143 Å². The molecule has 1 amide bonds. The molecule has 0 bridgehead atoms. The van der Waals surface area contributed by atoms with Crippen molar-refractivity contribution >= 4 is 40.6 Å². The molecule has 120 valence electrons. The van der Waals surface area contributed by atoms with Crippen molar-refractivity contribution in [2.45, 2.75) is 17.7 Å². The standard InChI is InChI=1S/C16H15Cl2N3O2/c1-15(9-16(15,17)18)14(23)20-11-5-3-10(4-6-11)12(22)13-19-7-8-21(13)2/h3-8H,9H2,1-2H3,(H,20,23)/t15-/m1/s1. The lowest BCUT2D eigenvalue weighted by Crippen LogP contribution is -2.25. The first kappa shape index (κ1) is 16.0. The van der Waals surface area contributed by atoms with Gasteiger partial charge in [0.2, 0.25) is 11.7 Å². The summed E-state index contributed by atoms with van der Waals surface area (Å²) >= 11 is 12.0. The number of hydrogen-bond acceptors (Lipinski definition) is 3. The van der Waals surface area contributed by atoms with E-state index in [-0.39, 0.29) is 11.7 Å². The molecule has 5 nitrogen and oxygen atoms in total. The second kappa shape index (κ2) is 5.35. The van der Waals surface area contributed by atoms with Gasteiger partial charge < -0.3 is 9.88 Å². The summed E-state index contributed by atoms with van der Waals surface area (Å²) < 4.78 is 0.650. The van der Waals surface area contributed by atoms with E-state index in [1.807, 2.05) is 0 Å². The van der Waals surface area contributed by atoms with E-state index >= 15 is 0 Å². The number of halogens is 2. The first-order chi connectivity index (χ1) is 10.7. The fourth-order valence-electron chi connectivity index (χ4n) is 2.33. The van der Waals surface area contributed by atoms with Gasteiger partial charge >= 0.3 is 0 Å². The van der Waals surface area contributed by atoms with Crippen LogP contribution in [-0.4, -0.2) is 25.6 Å². The number of amides is 1. The number of nitrogens with zero attached hydrogens (tertiary/aromatic N) is 2. The van der Waals surface area contributed by atoms with Crippen LogP contribution in [-0.2, 0) is 11.8 Å². The molecule has 1 aromatic carbocycles. The monoisotopic (exact) mass is 351 g/mol. The van der Waals surface area contributed by atoms with Crippen LogP contribution in [0.1, 0.15) is 29.5 Å². The van der Waals surface area contributed by atoms with Crippen LogP contribution < -0.4 is 5.32 Å². The summed E-state index contributed by atoms with van der Waals surface area (Å²) in [5, 5.41) is 2.77. The highest BCUT2D eigenvalue weighted by Gasteiger charge is 2.67. The number of ketones is 1. The van der Waals surface area contributed by atoms with Gasteiger partial charge in [0.25, 0.3) is 0 Å². The third-order valence-corrected chi connectivity index (χ3v) is 5.29. The zero-order valence-corrected chi connectivity index (χ0v) is 14.1. The maximum absolute atomic E-state index is 12.3. The highest BCUT2D eigenvalue weighted by atomic mass is 35.5. The summed E-state index contributed by atoms with van der Waals surface area (Å²) in [5.41, 5.74) is 0.306. The summed E-state index contributed by atoms with van der Waals surface area (Å²) in [6, 6.07) is 6.64. The average Bonchev–Trinajstić information content (AvgIpc) is 2.83. The maximum Gasteiger partial charge on any atom is 0.233 e. The predicted molar refractivity (Wildman–Crippen MR) is 88.9 cm³/mol. The Morgan fingerprint density at radius 3 is 2.35 bits per heavy atom. The highest BCUT2D eigenvalue weighted by Crippen LogP contribution is 2.64. The second-order valence-corrected chi connectivity index (χ2v) is 7.42. The molecule has 3 rings (SSSR count). The Morgan fingerprint density at radius 2 is 1.87 bits per heavy atom. The SMILES string of the molecule is Cn1ccnc1C(=O)c1ccc(NC(=O)[C@@]2(C)CC2(Cl)Cl)cc1. The quantitative estimate of drug-likeness (QED) is 0.679. The number of aryl methyl sites for hydroxylation is 1. The van der Waals surface area contributed by atoms with E-state index in [4.69, 9.17) is 23.2 Å². The Kier molecular flexibility index (Phi) is 3.73. The summed E-state index contributed by atoms with van der Waals surface area (Å²) in [7, 11) is 1.76. The number of anilines is 1. The lowest BCUT2D eigenvalue weighted by Gasteiger charge is -2.12. The highest BCUT2D eigenvalue weighted by molar-refractivity contribution is 6.53. The summed E-state index contributed by atoms with van der Waals surface area (Å²) in [6.45, 7) is 1.72. The second-order valence-electron chi connectivity index (χ2n) is 5.94. The zero-order valence-electron chi connectivity index (χ0n) is 12.6. The van der Waals surface area contributed by atoms with Crippen molar-refractivity contribution in [1.29, 1.82) is 0 Å². The van der Waals surface area contributed by atoms with Crippen LogP contribution in [0, 0.1) is 5.41 Å². The first-order valence-electron chi connectivity index (χ1n) is 7.06. The van der Waals surface area contributed by atoms with Crippen molar-refractivity contribution in [2.75, 3.05) is 5.32 Å². The molecular weight excluding hydrogens is 337 g/mol. The lowest BCUT2D eigenvalue weighted by molar-refractivity contribution is -0.120. The fraction of sp³-hybridized carbons (Fsp3) is 0.312. The molecule has 1 heterocycles. The Balaban J connectivity index is 1.72. The number of benzene rings is 1. The number of imidazole rings is 1. The van der Waals surface area contributed by atoms with Crippen LogP contribution in [0.2, 0.25) is 0 Å². The number of hydrogen-bond donors (Lipinski definition) is 1. The largest absolute Gasteiger partial charge is 0.331 e. The third-order valence-electron chi connectivity index (χ3n) is 4.19. The zero-order chi connectivity index (χ0) is 16.8. The van der Waals surface area contributed by atoms with Crippen LogP contribution in [0.4, 0.5) is 5.69 Å². The van der Waals surface area contributed by atoms with Crippen molar-refractivity contribution in [3.8, 4) is 0 Å². The van der Waals surface area contributed by atoms with Gasteiger partial charge in [-0.3, -0.25) is 9.59 Å². The molecule has 7 heteroatoms. The van der Waals surface area contributed by atoms with Gasteiger partial charge in [-0.05, 0) is 37.6 Å².